The van der Waals surface area contributed by atoms with Crippen molar-refractivity contribution >= 4 is 0 Å². The minimum absolute atomic E-state index is 0.200. The summed E-state index contributed by atoms with van der Waals surface area (Å²) < 4.78 is 5.25. The van der Waals surface area contributed by atoms with Gasteiger partial charge < -0.3 is 15.8 Å². The van der Waals surface area contributed by atoms with Crippen LogP contribution in [0.3, 0.4) is 0 Å². The lowest BCUT2D eigenvalue weighted by Gasteiger charge is -2.40. The van der Waals surface area contributed by atoms with Crippen LogP contribution < -0.4 is 11.1 Å². The Morgan fingerprint density at radius 3 is 2.39 bits per heavy atom. The average molecular weight is 248 g/mol. The molecule has 0 spiro atoms. The second kappa shape index (κ2) is 6.32. The molecule has 1 heterocycles. The smallest absolute Gasteiger partial charge is 0.0569 e. The zero-order chi connectivity index (χ0) is 12.8. The minimum atomic E-state index is 0.200. The van der Waals surface area contributed by atoms with Gasteiger partial charge in [0.2, 0.25) is 0 Å². The van der Waals surface area contributed by atoms with Gasteiger partial charge in [0.15, 0.2) is 0 Å². The van der Waals surface area contributed by atoms with Gasteiger partial charge in [-0.3, -0.25) is 0 Å². The Kier molecular flexibility index (Phi) is 4.75. The van der Waals surface area contributed by atoms with Crippen molar-refractivity contribution in [3.05, 3.63) is 35.4 Å². The lowest BCUT2D eigenvalue weighted by atomic mass is 9.86. The van der Waals surface area contributed by atoms with Crippen molar-refractivity contribution in [3.8, 4) is 0 Å². The van der Waals surface area contributed by atoms with E-state index in [1.165, 1.54) is 11.1 Å². The molecule has 2 rings (SSSR count). The first-order valence-electron chi connectivity index (χ1n) is 6.84. The first kappa shape index (κ1) is 13.5. The fraction of sp³-hybridized carbons (Fsp3) is 0.600. The molecule has 1 fully saturated rings. The number of nitrogens with two attached hydrogens (primary N) is 1. The summed E-state index contributed by atoms with van der Waals surface area (Å²) in [5.74, 6) is 0. The van der Waals surface area contributed by atoms with Crippen LogP contribution in [0.2, 0.25) is 0 Å². The molecule has 1 aliphatic heterocycles. The molecule has 0 amide bonds. The number of nitrogens with one attached hydrogen (secondary N) is 1. The molecule has 0 saturated carbocycles. The van der Waals surface area contributed by atoms with Crippen LogP contribution in [0.1, 0.15) is 18.1 Å². The molecule has 1 aromatic carbocycles. The normalized spacial score (nSPS) is 17.4. The fourth-order valence-electron chi connectivity index (χ4n) is 2.21. The van der Waals surface area contributed by atoms with E-state index < -0.39 is 0 Å². The van der Waals surface area contributed by atoms with Crippen molar-refractivity contribution in [1.82, 2.24) is 5.32 Å². The molecule has 0 radical (unpaired) electrons. The number of ether oxygens (including phenoxy) is 1. The lowest BCUT2D eigenvalue weighted by Crippen LogP contribution is -2.54. The molecule has 3 nitrogen and oxygen atoms in total. The van der Waals surface area contributed by atoms with Crippen molar-refractivity contribution in [2.24, 2.45) is 11.1 Å². The summed E-state index contributed by atoms with van der Waals surface area (Å²) in [6, 6.07) is 8.89. The summed E-state index contributed by atoms with van der Waals surface area (Å²) in [6.45, 7) is 6.49. The number of hydrogen-bond donors (Lipinski definition) is 2. The van der Waals surface area contributed by atoms with E-state index in [2.05, 4.69) is 36.5 Å². The minimum Gasteiger partial charge on any atom is -0.380 e. The highest BCUT2D eigenvalue weighted by molar-refractivity contribution is 5.22. The van der Waals surface area contributed by atoms with E-state index in [9.17, 15) is 0 Å². The van der Waals surface area contributed by atoms with E-state index in [1.54, 1.807) is 0 Å². The molecule has 1 aliphatic rings. The monoisotopic (exact) mass is 248 g/mol. The van der Waals surface area contributed by atoms with Gasteiger partial charge in [-0.2, -0.15) is 0 Å². The van der Waals surface area contributed by atoms with Gasteiger partial charge in [-0.05, 0) is 30.5 Å². The third kappa shape index (κ3) is 3.31. The largest absolute Gasteiger partial charge is 0.380 e. The zero-order valence-corrected chi connectivity index (χ0v) is 11.2. The second-order valence-electron chi connectivity index (χ2n) is 5.29. The van der Waals surface area contributed by atoms with Crippen molar-refractivity contribution < 1.29 is 4.74 Å². The maximum absolute atomic E-state index is 5.77. The molecule has 3 heteroatoms. The van der Waals surface area contributed by atoms with E-state index in [0.717, 1.165) is 39.1 Å². The first-order chi connectivity index (χ1) is 8.78. The summed E-state index contributed by atoms with van der Waals surface area (Å²) in [7, 11) is 0. The lowest BCUT2D eigenvalue weighted by molar-refractivity contribution is -0.104. The second-order valence-corrected chi connectivity index (χ2v) is 5.29. The SMILES string of the molecule is CCc1ccc(CCNCC2(CN)COC2)cc1. The Bertz CT molecular complexity index is 352. The Labute approximate surface area is 110 Å². The van der Waals surface area contributed by atoms with E-state index in [-0.39, 0.29) is 5.41 Å². The molecule has 3 N–H and O–H groups in total. The van der Waals surface area contributed by atoms with Crippen LogP contribution in [0.5, 0.6) is 0 Å². The maximum atomic E-state index is 5.77. The Morgan fingerprint density at radius 2 is 1.89 bits per heavy atom. The summed E-state index contributed by atoms with van der Waals surface area (Å²) in [6.07, 6.45) is 2.18. The van der Waals surface area contributed by atoms with Crippen LogP contribution in [0.15, 0.2) is 24.3 Å². The molecular weight excluding hydrogens is 224 g/mol. The van der Waals surface area contributed by atoms with Gasteiger partial charge in [0.25, 0.3) is 0 Å². The van der Waals surface area contributed by atoms with Crippen LogP contribution in [0.4, 0.5) is 0 Å². The Hall–Kier alpha value is -0.900. The predicted octanol–water partition coefficient (Wildman–Crippen LogP) is 1.36. The molecule has 1 saturated heterocycles. The summed E-state index contributed by atoms with van der Waals surface area (Å²) >= 11 is 0. The van der Waals surface area contributed by atoms with Crippen molar-refractivity contribution in [2.75, 3.05) is 32.8 Å². The van der Waals surface area contributed by atoms with Gasteiger partial charge in [0.05, 0.1) is 13.2 Å². The van der Waals surface area contributed by atoms with Gasteiger partial charge in [-0.15, -0.1) is 0 Å². The molecule has 0 bridgehead atoms. The highest BCUT2D eigenvalue weighted by Gasteiger charge is 2.36. The molecule has 0 aromatic heterocycles. The van der Waals surface area contributed by atoms with Gasteiger partial charge in [-0.1, -0.05) is 31.2 Å². The topological polar surface area (TPSA) is 47.3 Å². The zero-order valence-electron chi connectivity index (χ0n) is 11.2. The highest BCUT2D eigenvalue weighted by atomic mass is 16.5. The van der Waals surface area contributed by atoms with E-state index in [0.29, 0.717) is 6.54 Å². The van der Waals surface area contributed by atoms with Crippen molar-refractivity contribution in [1.29, 1.82) is 0 Å². The maximum Gasteiger partial charge on any atom is 0.0569 e. The third-order valence-corrected chi connectivity index (χ3v) is 3.77. The molecule has 1 aromatic rings. The molecular formula is C15H24N2O. The standard InChI is InChI=1S/C15H24N2O/c1-2-13-3-5-14(6-4-13)7-8-17-10-15(9-16)11-18-12-15/h3-6,17H,2,7-12,16H2,1H3. The predicted molar refractivity (Wildman–Crippen MR) is 74.7 cm³/mol. The molecule has 0 unspecified atom stereocenters. The van der Waals surface area contributed by atoms with Crippen molar-refractivity contribution in [3.63, 3.8) is 0 Å². The van der Waals surface area contributed by atoms with Crippen LogP contribution in [-0.2, 0) is 17.6 Å². The van der Waals surface area contributed by atoms with Gasteiger partial charge in [-0.25, -0.2) is 0 Å². The van der Waals surface area contributed by atoms with Gasteiger partial charge in [0, 0.05) is 18.5 Å². The van der Waals surface area contributed by atoms with Gasteiger partial charge in [0.1, 0.15) is 0 Å². The summed E-state index contributed by atoms with van der Waals surface area (Å²) in [5, 5.41) is 3.50. The number of benzene rings is 1. The van der Waals surface area contributed by atoms with E-state index >= 15 is 0 Å². The first-order valence-corrected chi connectivity index (χ1v) is 6.84. The fourth-order valence-corrected chi connectivity index (χ4v) is 2.21. The molecule has 0 aliphatic carbocycles. The van der Waals surface area contributed by atoms with Crippen molar-refractivity contribution in [2.45, 2.75) is 19.8 Å². The van der Waals surface area contributed by atoms with Crippen LogP contribution >= 0.6 is 0 Å². The van der Waals surface area contributed by atoms with E-state index in [1.807, 2.05) is 0 Å². The van der Waals surface area contributed by atoms with Crippen LogP contribution in [0.25, 0.3) is 0 Å². The Morgan fingerprint density at radius 1 is 1.22 bits per heavy atom. The van der Waals surface area contributed by atoms with Crippen LogP contribution in [-0.4, -0.2) is 32.8 Å². The number of hydrogen-bond acceptors (Lipinski definition) is 3. The average Bonchev–Trinajstić information content (AvgIpc) is 2.38. The Balaban J connectivity index is 1.68. The molecule has 18 heavy (non-hydrogen) atoms. The highest BCUT2D eigenvalue weighted by Crippen LogP contribution is 2.24. The third-order valence-electron chi connectivity index (χ3n) is 3.77. The number of aryl methyl sites for hydroxylation is 1. The number of rotatable bonds is 7. The van der Waals surface area contributed by atoms with Gasteiger partial charge >= 0.3 is 0 Å². The van der Waals surface area contributed by atoms with E-state index in [4.69, 9.17) is 10.5 Å². The molecule has 0 atom stereocenters. The molecule has 100 valence electrons. The summed E-state index contributed by atoms with van der Waals surface area (Å²) in [5.41, 5.74) is 8.77. The van der Waals surface area contributed by atoms with Crippen LogP contribution in [0, 0.1) is 5.41 Å². The summed E-state index contributed by atoms with van der Waals surface area (Å²) in [4.78, 5) is 0. The quantitative estimate of drug-likeness (QED) is 0.716.